The molecule has 0 heterocycles. The Kier molecular flexibility index (Phi) is 6.46. The number of hydrogen-bond donors (Lipinski definition) is 2. The summed E-state index contributed by atoms with van der Waals surface area (Å²) < 4.78 is 27.0. The van der Waals surface area contributed by atoms with Crippen molar-refractivity contribution in [2.24, 2.45) is 0 Å². The van der Waals surface area contributed by atoms with Crippen molar-refractivity contribution in [3.05, 3.63) is 22.7 Å². The normalized spacial score (nSPS) is 12.3. The molecule has 1 rings (SSSR count). The molecule has 0 aliphatic carbocycles. The number of sulfonamides is 1. The summed E-state index contributed by atoms with van der Waals surface area (Å²) in [6, 6.07) is 3.41. The van der Waals surface area contributed by atoms with Crippen LogP contribution >= 0.6 is 11.6 Å². The van der Waals surface area contributed by atoms with Crippen molar-refractivity contribution in [2.45, 2.75) is 38.1 Å². The fraction of sp³-hybridized carbons (Fsp3) is 0.571. The van der Waals surface area contributed by atoms with Crippen LogP contribution in [0.3, 0.4) is 0 Å². The summed E-state index contributed by atoms with van der Waals surface area (Å²) in [5.74, 6) is 0. The number of halogens is 1. The highest BCUT2D eigenvalue weighted by Crippen LogP contribution is 2.26. The minimum Gasteiger partial charge on any atom is -0.398 e. The summed E-state index contributed by atoms with van der Waals surface area (Å²) in [4.78, 5) is 2.19. The average molecular weight is 334 g/mol. The number of aryl methyl sites for hydroxylation is 1. The molecular formula is C14H24ClN3O2S. The zero-order chi connectivity index (χ0) is 16.2. The van der Waals surface area contributed by atoms with Crippen LogP contribution in [0.5, 0.6) is 0 Å². The molecule has 1 aromatic rings. The van der Waals surface area contributed by atoms with Crippen LogP contribution in [-0.4, -0.2) is 39.5 Å². The minimum atomic E-state index is -3.63. The van der Waals surface area contributed by atoms with Crippen LogP contribution in [0.25, 0.3) is 0 Å². The smallest absolute Gasteiger partial charge is 0.242 e. The van der Waals surface area contributed by atoms with Gasteiger partial charge >= 0.3 is 0 Å². The van der Waals surface area contributed by atoms with E-state index in [0.29, 0.717) is 18.3 Å². The second kappa shape index (κ2) is 7.45. The van der Waals surface area contributed by atoms with Crippen molar-refractivity contribution in [3.8, 4) is 0 Å². The number of anilines is 1. The van der Waals surface area contributed by atoms with Crippen molar-refractivity contribution in [3.63, 3.8) is 0 Å². The summed E-state index contributed by atoms with van der Waals surface area (Å²) in [5.41, 5.74) is 6.93. The molecule has 0 aliphatic heterocycles. The number of nitrogens with one attached hydrogen (secondary N) is 1. The number of nitrogen functional groups attached to an aromatic ring is 1. The molecule has 1 aromatic carbocycles. The number of hydrogen-bond acceptors (Lipinski definition) is 4. The second-order valence-corrected chi connectivity index (χ2v) is 7.61. The van der Waals surface area contributed by atoms with Gasteiger partial charge in [-0.15, -0.1) is 0 Å². The first-order valence-corrected chi connectivity index (χ1v) is 8.76. The number of nitrogens with two attached hydrogens (primary N) is 1. The first-order chi connectivity index (χ1) is 9.65. The van der Waals surface area contributed by atoms with Gasteiger partial charge in [-0.3, -0.25) is 0 Å². The molecule has 5 nitrogen and oxygen atoms in total. The highest BCUT2D eigenvalue weighted by atomic mass is 35.5. The lowest BCUT2D eigenvalue weighted by molar-refractivity contribution is 0.271. The fourth-order valence-electron chi connectivity index (χ4n) is 1.75. The first kappa shape index (κ1) is 18.2. The quantitative estimate of drug-likeness (QED) is 0.592. The molecule has 0 fully saturated rings. The SMILES string of the molecule is Cc1cc(Cl)c(S(=O)(=O)NCCCN(C)C(C)C)cc1N. The van der Waals surface area contributed by atoms with Gasteiger partial charge in [0.25, 0.3) is 0 Å². The van der Waals surface area contributed by atoms with E-state index in [-0.39, 0.29) is 9.92 Å². The van der Waals surface area contributed by atoms with Crippen molar-refractivity contribution < 1.29 is 8.42 Å². The van der Waals surface area contributed by atoms with E-state index in [9.17, 15) is 8.42 Å². The zero-order valence-corrected chi connectivity index (χ0v) is 14.6. The molecule has 120 valence electrons. The number of benzene rings is 1. The van der Waals surface area contributed by atoms with E-state index < -0.39 is 10.0 Å². The molecule has 0 aliphatic rings. The number of rotatable bonds is 7. The van der Waals surface area contributed by atoms with Gasteiger partial charge < -0.3 is 10.6 Å². The lowest BCUT2D eigenvalue weighted by atomic mass is 10.2. The Bertz CT molecular complexity index is 588. The minimum absolute atomic E-state index is 0.0319. The molecule has 0 radical (unpaired) electrons. The van der Waals surface area contributed by atoms with Crippen molar-refractivity contribution >= 4 is 27.3 Å². The van der Waals surface area contributed by atoms with Crippen LogP contribution in [0.4, 0.5) is 5.69 Å². The van der Waals surface area contributed by atoms with Gasteiger partial charge in [0.1, 0.15) is 4.90 Å². The van der Waals surface area contributed by atoms with Crippen LogP contribution < -0.4 is 10.5 Å². The lowest BCUT2D eigenvalue weighted by Gasteiger charge is -2.20. The Balaban J connectivity index is 2.68. The van der Waals surface area contributed by atoms with Crippen LogP contribution in [0.2, 0.25) is 5.02 Å². The molecule has 0 unspecified atom stereocenters. The standard InChI is InChI=1S/C14H24ClN3O2S/c1-10(2)18(4)7-5-6-17-21(19,20)14-9-13(16)11(3)8-12(14)15/h8-10,17H,5-7,16H2,1-4H3. The second-order valence-electron chi connectivity index (χ2n) is 5.46. The maximum atomic E-state index is 12.2. The van der Waals surface area contributed by atoms with Crippen LogP contribution in [0, 0.1) is 6.92 Å². The molecule has 0 spiro atoms. The Morgan fingerprint density at radius 1 is 1.38 bits per heavy atom. The monoisotopic (exact) mass is 333 g/mol. The maximum absolute atomic E-state index is 12.2. The third kappa shape index (κ3) is 5.14. The predicted molar refractivity (Wildman–Crippen MR) is 88.2 cm³/mol. The molecule has 0 atom stereocenters. The molecule has 7 heteroatoms. The largest absolute Gasteiger partial charge is 0.398 e. The summed E-state index contributed by atoms with van der Waals surface area (Å²) in [6.07, 6.45) is 0.729. The van der Waals surface area contributed by atoms with Gasteiger partial charge in [-0.25, -0.2) is 13.1 Å². The van der Waals surface area contributed by atoms with Gasteiger partial charge in [0.15, 0.2) is 0 Å². The van der Waals surface area contributed by atoms with Gasteiger partial charge in [-0.05, 0) is 58.5 Å². The first-order valence-electron chi connectivity index (χ1n) is 6.90. The van der Waals surface area contributed by atoms with Gasteiger partial charge in [0, 0.05) is 18.3 Å². The third-order valence-electron chi connectivity index (χ3n) is 3.47. The van der Waals surface area contributed by atoms with E-state index in [1.807, 2.05) is 7.05 Å². The van der Waals surface area contributed by atoms with E-state index in [1.54, 1.807) is 13.0 Å². The van der Waals surface area contributed by atoms with Gasteiger partial charge in [-0.1, -0.05) is 11.6 Å². The Labute approximate surface area is 132 Å². The van der Waals surface area contributed by atoms with E-state index in [4.69, 9.17) is 17.3 Å². The fourth-order valence-corrected chi connectivity index (χ4v) is 3.43. The molecule has 3 N–H and O–H groups in total. The van der Waals surface area contributed by atoms with Crippen LogP contribution in [0.1, 0.15) is 25.8 Å². The van der Waals surface area contributed by atoms with E-state index in [2.05, 4.69) is 23.5 Å². The van der Waals surface area contributed by atoms with E-state index in [0.717, 1.165) is 18.5 Å². The van der Waals surface area contributed by atoms with Gasteiger partial charge in [0.05, 0.1) is 5.02 Å². The molecule has 0 aromatic heterocycles. The molecule has 0 saturated heterocycles. The molecular weight excluding hydrogens is 310 g/mol. The molecule has 0 bridgehead atoms. The summed E-state index contributed by atoms with van der Waals surface area (Å²) >= 11 is 6.01. The van der Waals surface area contributed by atoms with E-state index in [1.165, 1.54) is 6.07 Å². The summed E-state index contributed by atoms with van der Waals surface area (Å²) in [6.45, 7) is 7.16. The van der Waals surface area contributed by atoms with Crippen LogP contribution in [-0.2, 0) is 10.0 Å². The van der Waals surface area contributed by atoms with Crippen LogP contribution in [0.15, 0.2) is 17.0 Å². The Morgan fingerprint density at radius 3 is 2.57 bits per heavy atom. The molecule has 0 amide bonds. The van der Waals surface area contributed by atoms with Gasteiger partial charge in [-0.2, -0.15) is 0 Å². The topological polar surface area (TPSA) is 75.4 Å². The summed E-state index contributed by atoms with van der Waals surface area (Å²) in [5, 5.41) is 0.188. The third-order valence-corrected chi connectivity index (χ3v) is 5.40. The lowest BCUT2D eigenvalue weighted by Crippen LogP contribution is -2.31. The molecule has 0 saturated carbocycles. The highest BCUT2D eigenvalue weighted by Gasteiger charge is 2.18. The Hall–Kier alpha value is -0.820. The maximum Gasteiger partial charge on any atom is 0.242 e. The van der Waals surface area contributed by atoms with E-state index >= 15 is 0 Å². The predicted octanol–water partition coefficient (Wildman–Crippen LogP) is 2.24. The van der Waals surface area contributed by atoms with Crippen molar-refractivity contribution in [1.29, 1.82) is 0 Å². The molecule has 21 heavy (non-hydrogen) atoms. The number of nitrogens with zero attached hydrogens (tertiary/aromatic N) is 1. The summed E-state index contributed by atoms with van der Waals surface area (Å²) in [7, 11) is -1.62. The zero-order valence-electron chi connectivity index (χ0n) is 13.0. The highest BCUT2D eigenvalue weighted by molar-refractivity contribution is 7.89. The average Bonchev–Trinajstić information content (AvgIpc) is 2.38. The van der Waals surface area contributed by atoms with Crippen molar-refractivity contribution in [2.75, 3.05) is 25.9 Å². The van der Waals surface area contributed by atoms with Gasteiger partial charge in [0.2, 0.25) is 10.0 Å². The Morgan fingerprint density at radius 2 is 2.00 bits per heavy atom. The van der Waals surface area contributed by atoms with Crippen molar-refractivity contribution in [1.82, 2.24) is 9.62 Å².